The lowest BCUT2D eigenvalue weighted by molar-refractivity contribution is 0.220. The molecule has 26 heavy (non-hydrogen) atoms. The largest absolute Gasteiger partial charge is 0.384 e. The van der Waals surface area contributed by atoms with E-state index in [0.717, 1.165) is 22.5 Å². The average molecular weight is 348 g/mol. The summed E-state index contributed by atoms with van der Waals surface area (Å²) in [4.78, 5) is 4.09. The smallest absolute Gasteiger partial charge is 0.104 e. The molecule has 0 fully saturated rings. The molecule has 3 aromatic carbocycles. The van der Waals surface area contributed by atoms with Gasteiger partial charge in [0.05, 0.1) is 0 Å². The molecular weight excluding hydrogens is 320 g/mol. The number of aliphatic hydroxyl groups is 1. The number of hydrogen-bond acceptors (Lipinski definition) is 3. The van der Waals surface area contributed by atoms with E-state index in [2.05, 4.69) is 0 Å². The van der Waals surface area contributed by atoms with Gasteiger partial charge in [-0.3, -0.25) is 0 Å². The van der Waals surface area contributed by atoms with Crippen molar-refractivity contribution in [1.29, 1.82) is 0 Å². The van der Waals surface area contributed by atoms with Crippen LogP contribution < -0.4 is 9.80 Å². The van der Waals surface area contributed by atoms with Crippen LogP contribution in [0.5, 0.6) is 0 Å². The van der Waals surface area contributed by atoms with E-state index in [1.807, 2.05) is 123 Å². The zero-order valence-corrected chi connectivity index (χ0v) is 16.0. The lowest BCUT2D eigenvalue weighted by Crippen LogP contribution is -2.09. The zero-order chi connectivity index (χ0) is 18.9. The number of anilines is 2. The summed E-state index contributed by atoms with van der Waals surface area (Å²) in [7, 11) is 8.02. The van der Waals surface area contributed by atoms with Gasteiger partial charge in [-0.25, -0.2) is 0 Å². The Hall–Kier alpha value is -2.78. The summed E-state index contributed by atoms with van der Waals surface area (Å²) in [5.74, 6) is 0. The van der Waals surface area contributed by atoms with E-state index in [0.29, 0.717) is 0 Å². The summed E-state index contributed by atoms with van der Waals surface area (Å²) < 4.78 is 0. The summed E-state index contributed by atoms with van der Waals surface area (Å²) in [6.07, 6.45) is -0.581. The van der Waals surface area contributed by atoms with Crippen LogP contribution in [0.15, 0.2) is 84.9 Å². The molecule has 3 rings (SSSR count). The van der Waals surface area contributed by atoms with Gasteiger partial charge in [-0.1, -0.05) is 60.7 Å². The summed E-state index contributed by atoms with van der Waals surface area (Å²) in [5, 5.41) is 10.4. The molecule has 0 aliphatic carbocycles. The van der Waals surface area contributed by atoms with Gasteiger partial charge in [-0.2, -0.15) is 0 Å². The fourth-order valence-electron chi connectivity index (χ4n) is 2.49. The molecule has 0 unspecified atom stereocenters. The van der Waals surface area contributed by atoms with Gasteiger partial charge in [-0.15, -0.1) is 0 Å². The summed E-state index contributed by atoms with van der Waals surface area (Å²) in [6.45, 7) is 0. The second-order valence-electron chi connectivity index (χ2n) is 6.53. The highest BCUT2D eigenvalue weighted by atomic mass is 16.3. The third-order valence-corrected chi connectivity index (χ3v) is 4.12. The summed E-state index contributed by atoms with van der Waals surface area (Å²) in [5.41, 5.74) is 4.08. The van der Waals surface area contributed by atoms with Crippen LogP contribution in [0.1, 0.15) is 17.2 Å². The summed E-state index contributed by atoms with van der Waals surface area (Å²) >= 11 is 0. The average Bonchev–Trinajstić information content (AvgIpc) is 2.69. The minimum Gasteiger partial charge on any atom is -0.384 e. The van der Waals surface area contributed by atoms with Gasteiger partial charge in [0.15, 0.2) is 0 Å². The van der Waals surface area contributed by atoms with Crippen LogP contribution in [0.4, 0.5) is 11.4 Å². The Morgan fingerprint density at radius 2 is 0.808 bits per heavy atom. The van der Waals surface area contributed by atoms with Crippen LogP contribution in [0.25, 0.3) is 0 Å². The molecule has 0 heterocycles. The third-order valence-electron chi connectivity index (χ3n) is 4.12. The Morgan fingerprint density at radius 1 is 0.538 bits per heavy atom. The molecule has 136 valence electrons. The van der Waals surface area contributed by atoms with E-state index in [9.17, 15) is 5.11 Å². The molecule has 0 bridgehead atoms. The number of rotatable bonds is 4. The van der Waals surface area contributed by atoms with Gasteiger partial charge in [0.1, 0.15) is 6.10 Å². The normalized spacial score (nSPS) is 10.1. The number of nitrogens with zero attached hydrogens (tertiary/aromatic N) is 2. The van der Waals surface area contributed by atoms with Crippen LogP contribution in [-0.2, 0) is 0 Å². The Balaban J connectivity index is 0.000000342. The Bertz CT molecular complexity index is 672. The molecule has 3 nitrogen and oxygen atoms in total. The molecule has 0 atom stereocenters. The molecule has 3 aromatic rings. The number of benzene rings is 3. The van der Waals surface area contributed by atoms with Crippen molar-refractivity contribution in [1.82, 2.24) is 0 Å². The minimum absolute atomic E-state index is 0.581. The Morgan fingerprint density at radius 3 is 1.04 bits per heavy atom. The van der Waals surface area contributed by atoms with Crippen LogP contribution in [0, 0.1) is 0 Å². The van der Waals surface area contributed by atoms with Gasteiger partial charge in [0.25, 0.3) is 0 Å². The maximum absolute atomic E-state index is 10.4. The molecule has 0 aliphatic heterocycles. The van der Waals surface area contributed by atoms with Gasteiger partial charge in [0.2, 0.25) is 0 Å². The molecule has 3 heteroatoms. The first-order valence-electron chi connectivity index (χ1n) is 8.71. The quantitative estimate of drug-likeness (QED) is 0.747. The van der Waals surface area contributed by atoms with Gasteiger partial charge >= 0.3 is 0 Å². The van der Waals surface area contributed by atoms with E-state index in [1.165, 1.54) is 0 Å². The first-order valence-corrected chi connectivity index (χ1v) is 8.71. The van der Waals surface area contributed by atoms with E-state index in [-0.39, 0.29) is 0 Å². The fourth-order valence-corrected chi connectivity index (χ4v) is 2.49. The van der Waals surface area contributed by atoms with Crippen molar-refractivity contribution < 1.29 is 5.11 Å². The standard InChI is InChI=1S/C17H22N2O.C6H6/c1-18(2)15-9-5-13(6-10-15)17(20)14-7-11-16(12-8-14)19(3)4;1-2-4-6-5-3-1/h5-12,17,20H,1-4H3;1-6H. The Labute approximate surface area is 157 Å². The molecule has 0 radical (unpaired) electrons. The van der Waals surface area contributed by atoms with Crippen molar-refractivity contribution in [2.24, 2.45) is 0 Å². The first-order chi connectivity index (χ1) is 12.5. The van der Waals surface area contributed by atoms with Gasteiger partial charge < -0.3 is 14.9 Å². The highest BCUT2D eigenvalue weighted by Gasteiger charge is 2.10. The minimum atomic E-state index is -0.581. The number of hydrogen-bond donors (Lipinski definition) is 1. The van der Waals surface area contributed by atoms with Crippen LogP contribution in [0.3, 0.4) is 0 Å². The van der Waals surface area contributed by atoms with Crippen molar-refractivity contribution in [3.8, 4) is 0 Å². The van der Waals surface area contributed by atoms with Crippen molar-refractivity contribution >= 4 is 11.4 Å². The summed E-state index contributed by atoms with van der Waals surface area (Å²) in [6, 6.07) is 28.0. The molecule has 0 amide bonds. The molecule has 1 N–H and O–H groups in total. The highest BCUT2D eigenvalue weighted by molar-refractivity contribution is 5.49. The molecule has 0 aliphatic rings. The van der Waals surface area contributed by atoms with Crippen molar-refractivity contribution in [3.63, 3.8) is 0 Å². The van der Waals surface area contributed by atoms with Crippen molar-refractivity contribution in [3.05, 3.63) is 96.1 Å². The highest BCUT2D eigenvalue weighted by Crippen LogP contribution is 2.25. The molecule has 0 aromatic heterocycles. The third kappa shape index (κ3) is 5.64. The second kappa shape index (κ2) is 9.64. The van der Waals surface area contributed by atoms with Gasteiger partial charge in [0, 0.05) is 39.6 Å². The van der Waals surface area contributed by atoms with E-state index >= 15 is 0 Å². The predicted octanol–water partition coefficient (Wildman–Crippen LogP) is 4.59. The van der Waals surface area contributed by atoms with Crippen molar-refractivity contribution in [2.75, 3.05) is 38.0 Å². The lowest BCUT2D eigenvalue weighted by atomic mass is 10.0. The second-order valence-corrected chi connectivity index (χ2v) is 6.53. The lowest BCUT2D eigenvalue weighted by Gasteiger charge is -2.17. The van der Waals surface area contributed by atoms with Crippen LogP contribution in [-0.4, -0.2) is 33.3 Å². The molecule has 0 saturated carbocycles. The molecule has 0 spiro atoms. The van der Waals surface area contributed by atoms with E-state index in [4.69, 9.17) is 0 Å². The fraction of sp³-hybridized carbons (Fsp3) is 0.217. The van der Waals surface area contributed by atoms with Crippen LogP contribution >= 0.6 is 0 Å². The van der Waals surface area contributed by atoms with Gasteiger partial charge in [-0.05, 0) is 35.4 Å². The SMILES string of the molecule is CN(C)c1ccc(C(O)c2ccc(N(C)C)cc2)cc1.c1ccccc1. The topological polar surface area (TPSA) is 26.7 Å². The monoisotopic (exact) mass is 348 g/mol. The van der Waals surface area contributed by atoms with Crippen molar-refractivity contribution in [2.45, 2.75) is 6.10 Å². The van der Waals surface area contributed by atoms with E-state index < -0.39 is 6.10 Å². The maximum atomic E-state index is 10.4. The Kier molecular flexibility index (Phi) is 7.24. The zero-order valence-electron chi connectivity index (χ0n) is 16.0. The maximum Gasteiger partial charge on any atom is 0.104 e. The number of aliphatic hydroxyl groups excluding tert-OH is 1. The van der Waals surface area contributed by atoms with E-state index in [1.54, 1.807) is 0 Å². The molecule has 0 saturated heterocycles. The van der Waals surface area contributed by atoms with Crippen LogP contribution in [0.2, 0.25) is 0 Å². The molecular formula is C23H28N2O. The first kappa shape index (κ1) is 19.5. The predicted molar refractivity (Wildman–Crippen MR) is 112 cm³/mol.